The number of aromatic nitrogens is 4. The Labute approximate surface area is 184 Å². The van der Waals surface area contributed by atoms with Crippen molar-refractivity contribution in [3.63, 3.8) is 0 Å². The summed E-state index contributed by atoms with van der Waals surface area (Å²) in [5.74, 6) is 1.53. The summed E-state index contributed by atoms with van der Waals surface area (Å²) >= 11 is 0. The number of likely N-dealkylation sites (tertiary alicyclic amines) is 1. The average Bonchev–Trinajstić information content (AvgIpc) is 3.25. The van der Waals surface area contributed by atoms with Gasteiger partial charge in [-0.25, -0.2) is 9.97 Å². The van der Waals surface area contributed by atoms with Crippen LogP contribution in [-0.2, 0) is 11.3 Å². The minimum atomic E-state index is 0.374. The number of ether oxygens (including phenoxy) is 1. The van der Waals surface area contributed by atoms with E-state index < -0.39 is 0 Å². The van der Waals surface area contributed by atoms with Gasteiger partial charge < -0.3 is 14.2 Å². The summed E-state index contributed by atoms with van der Waals surface area (Å²) in [4.78, 5) is 19.1. The van der Waals surface area contributed by atoms with Gasteiger partial charge in [-0.15, -0.1) is 0 Å². The first-order chi connectivity index (χ1) is 15.2. The first-order valence-corrected chi connectivity index (χ1v) is 11.5. The van der Waals surface area contributed by atoms with E-state index in [0.717, 1.165) is 70.1 Å². The fourth-order valence-electron chi connectivity index (χ4n) is 4.79. The molecule has 0 radical (unpaired) electrons. The molecular formula is C24H32N6O. The molecule has 0 atom stereocenters. The van der Waals surface area contributed by atoms with Crippen LogP contribution in [-0.4, -0.2) is 63.8 Å². The summed E-state index contributed by atoms with van der Waals surface area (Å²) in [5.41, 5.74) is 4.74. The summed E-state index contributed by atoms with van der Waals surface area (Å²) < 4.78 is 7.86. The van der Waals surface area contributed by atoms with E-state index >= 15 is 0 Å². The van der Waals surface area contributed by atoms with E-state index in [9.17, 15) is 0 Å². The number of fused-ring (bicyclic) bond motifs is 1. The van der Waals surface area contributed by atoms with Gasteiger partial charge in [-0.1, -0.05) is 6.07 Å². The van der Waals surface area contributed by atoms with Crippen molar-refractivity contribution in [1.29, 1.82) is 0 Å². The van der Waals surface area contributed by atoms with Crippen molar-refractivity contribution in [2.75, 3.05) is 44.3 Å². The highest BCUT2D eigenvalue weighted by Crippen LogP contribution is 2.34. The Morgan fingerprint density at radius 1 is 1.13 bits per heavy atom. The molecule has 3 aromatic heterocycles. The number of morpholine rings is 1. The molecule has 0 amide bonds. The Kier molecular flexibility index (Phi) is 5.87. The predicted octanol–water partition coefficient (Wildman–Crippen LogP) is 3.62. The van der Waals surface area contributed by atoms with Crippen LogP contribution in [0.1, 0.15) is 49.9 Å². The molecule has 164 valence electrons. The molecule has 5 heterocycles. The maximum atomic E-state index is 5.58. The van der Waals surface area contributed by atoms with Crippen LogP contribution >= 0.6 is 0 Å². The highest BCUT2D eigenvalue weighted by molar-refractivity contribution is 5.87. The second kappa shape index (κ2) is 8.93. The molecule has 2 aliphatic heterocycles. The first kappa shape index (κ1) is 20.4. The van der Waals surface area contributed by atoms with Crippen LogP contribution < -0.4 is 4.90 Å². The van der Waals surface area contributed by atoms with Gasteiger partial charge in [-0.2, -0.15) is 0 Å². The minimum Gasteiger partial charge on any atom is -0.378 e. The molecule has 5 rings (SSSR count). The van der Waals surface area contributed by atoms with Crippen molar-refractivity contribution in [3.05, 3.63) is 48.2 Å². The Bertz CT molecular complexity index is 1000. The summed E-state index contributed by atoms with van der Waals surface area (Å²) in [6, 6.07) is 6.86. The fourth-order valence-corrected chi connectivity index (χ4v) is 4.79. The van der Waals surface area contributed by atoms with Gasteiger partial charge in [-0.3, -0.25) is 9.88 Å². The van der Waals surface area contributed by atoms with Crippen molar-refractivity contribution in [3.8, 4) is 0 Å². The summed E-state index contributed by atoms with van der Waals surface area (Å²) in [5, 5.41) is 0. The number of imidazole rings is 1. The predicted molar refractivity (Wildman–Crippen MR) is 122 cm³/mol. The maximum absolute atomic E-state index is 5.58. The quantitative estimate of drug-likeness (QED) is 0.628. The number of rotatable bonds is 5. The number of hydrogen-bond acceptors (Lipinski definition) is 6. The zero-order chi connectivity index (χ0) is 21.2. The molecule has 3 aromatic rings. The lowest BCUT2D eigenvalue weighted by Crippen LogP contribution is -2.37. The van der Waals surface area contributed by atoms with Crippen LogP contribution in [0.25, 0.3) is 11.0 Å². The second-order valence-corrected chi connectivity index (χ2v) is 9.00. The van der Waals surface area contributed by atoms with Gasteiger partial charge >= 0.3 is 0 Å². The van der Waals surface area contributed by atoms with Gasteiger partial charge in [0.25, 0.3) is 0 Å². The third-order valence-electron chi connectivity index (χ3n) is 6.57. The van der Waals surface area contributed by atoms with Gasteiger partial charge in [0, 0.05) is 49.7 Å². The van der Waals surface area contributed by atoms with Crippen molar-refractivity contribution in [2.24, 2.45) is 0 Å². The first-order valence-electron chi connectivity index (χ1n) is 11.5. The van der Waals surface area contributed by atoms with Crippen LogP contribution in [0.5, 0.6) is 0 Å². The lowest BCUT2D eigenvalue weighted by atomic mass is 9.92. The lowest BCUT2D eigenvalue weighted by molar-refractivity contribution is 0.122. The van der Waals surface area contributed by atoms with Crippen LogP contribution in [0, 0.1) is 0 Å². The maximum Gasteiger partial charge on any atom is 0.157 e. The number of hydrogen-bond donors (Lipinski definition) is 0. The molecule has 0 N–H and O–H groups in total. The Hall–Kier alpha value is -2.51. The Balaban J connectivity index is 1.39. The smallest absolute Gasteiger partial charge is 0.157 e. The summed E-state index contributed by atoms with van der Waals surface area (Å²) in [6.45, 7) is 10.9. The fraction of sp³-hybridized carbons (Fsp3) is 0.542. The third-order valence-corrected chi connectivity index (χ3v) is 6.57. The monoisotopic (exact) mass is 420 g/mol. The summed E-state index contributed by atoms with van der Waals surface area (Å²) in [7, 11) is 0. The van der Waals surface area contributed by atoms with Crippen LogP contribution in [0.15, 0.2) is 36.9 Å². The number of pyridine rings is 2. The van der Waals surface area contributed by atoms with Gasteiger partial charge in [0.1, 0.15) is 5.52 Å². The molecule has 0 aromatic carbocycles. The van der Waals surface area contributed by atoms with E-state index in [1.54, 1.807) is 0 Å². The van der Waals surface area contributed by atoms with E-state index in [4.69, 9.17) is 14.7 Å². The molecule has 2 saturated heterocycles. The number of anilines is 1. The second-order valence-electron chi connectivity index (χ2n) is 9.00. The third kappa shape index (κ3) is 4.29. The van der Waals surface area contributed by atoms with Gasteiger partial charge in [0.2, 0.25) is 0 Å². The van der Waals surface area contributed by atoms with Gasteiger partial charge in [0.05, 0.1) is 25.1 Å². The Morgan fingerprint density at radius 3 is 2.65 bits per heavy atom. The highest BCUT2D eigenvalue weighted by atomic mass is 16.5. The lowest BCUT2D eigenvalue weighted by Gasteiger charge is -2.33. The number of piperidine rings is 1. The van der Waals surface area contributed by atoms with E-state index in [1.807, 2.05) is 24.8 Å². The minimum absolute atomic E-state index is 0.374. The van der Waals surface area contributed by atoms with Crippen molar-refractivity contribution in [2.45, 2.75) is 45.2 Å². The molecule has 0 unspecified atom stereocenters. The molecule has 2 aliphatic rings. The van der Waals surface area contributed by atoms with Gasteiger partial charge in [0.15, 0.2) is 5.82 Å². The van der Waals surface area contributed by atoms with Gasteiger partial charge in [-0.05, 0) is 57.5 Å². The number of nitrogens with zero attached hydrogens (tertiary/aromatic N) is 6. The largest absolute Gasteiger partial charge is 0.378 e. The zero-order valence-electron chi connectivity index (χ0n) is 18.6. The van der Waals surface area contributed by atoms with Crippen molar-refractivity contribution in [1.82, 2.24) is 24.4 Å². The van der Waals surface area contributed by atoms with Crippen LogP contribution in [0.3, 0.4) is 0 Å². The van der Waals surface area contributed by atoms with E-state index in [-0.39, 0.29) is 0 Å². The molecule has 7 nitrogen and oxygen atoms in total. The van der Waals surface area contributed by atoms with E-state index in [0.29, 0.717) is 12.0 Å². The topological polar surface area (TPSA) is 59.3 Å². The van der Waals surface area contributed by atoms with Crippen LogP contribution in [0.2, 0.25) is 0 Å². The zero-order valence-corrected chi connectivity index (χ0v) is 18.6. The average molecular weight is 421 g/mol. The standard InChI is InChI=1S/C24H32N6O/c1-18(2)30-17-26-23-22(30)14-21(27-24(23)29-10-12-31-13-11-29)20-5-8-28(9-6-20)16-19-4-3-7-25-15-19/h3-4,7,14-15,17-18,20H,5-6,8-13,16H2,1-2H3. The molecule has 0 saturated carbocycles. The molecule has 7 heteroatoms. The molecule has 0 aliphatic carbocycles. The molecule has 2 fully saturated rings. The molecule has 0 bridgehead atoms. The molecule has 31 heavy (non-hydrogen) atoms. The summed E-state index contributed by atoms with van der Waals surface area (Å²) in [6.07, 6.45) is 8.06. The highest BCUT2D eigenvalue weighted by Gasteiger charge is 2.26. The Morgan fingerprint density at radius 2 is 1.94 bits per heavy atom. The normalized spacial score (nSPS) is 18.9. The molecular weight excluding hydrogens is 388 g/mol. The molecule has 0 spiro atoms. The van der Waals surface area contributed by atoms with Crippen molar-refractivity contribution < 1.29 is 4.74 Å². The van der Waals surface area contributed by atoms with Crippen LogP contribution in [0.4, 0.5) is 5.82 Å². The van der Waals surface area contributed by atoms with Crippen molar-refractivity contribution >= 4 is 16.9 Å². The SMILES string of the molecule is CC(C)n1cnc2c(N3CCOCC3)nc(C3CCN(Cc4cccnc4)CC3)cc21. The van der Waals surface area contributed by atoms with E-state index in [1.165, 1.54) is 16.8 Å². The van der Waals surface area contributed by atoms with E-state index in [2.05, 4.69) is 45.3 Å².